The molecule has 7 nitrogen and oxygen atoms in total. The molecule has 0 spiro atoms. The molecule has 0 aliphatic heterocycles. The van der Waals surface area contributed by atoms with Crippen molar-refractivity contribution in [1.82, 2.24) is 9.55 Å². The summed E-state index contributed by atoms with van der Waals surface area (Å²) in [5.41, 5.74) is 18.3. The Hall–Kier alpha value is -4.04. The van der Waals surface area contributed by atoms with Crippen molar-refractivity contribution < 1.29 is 15.0 Å². The topological polar surface area (TPSA) is 127 Å². The Bertz CT molecular complexity index is 1480. The van der Waals surface area contributed by atoms with E-state index in [1.54, 1.807) is 6.07 Å². The van der Waals surface area contributed by atoms with E-state index in [1.807, 2.05) is 59.3 Å². The minimum Gasteiger partial charge on any atom is -0.486 e. The number of hydrogen-bond acceptors (Lipinski definition) is 6. The molecule has 0 unspecified atom stereocenters. The van der Waals surface area contributed by atoms with Crippen molar-refractivity contribution in [2.45, 2.75) is 13.0 Å². The Kier molecular flexibility index (Phi) is 4.71. The zero-order valence-corrected chi connectivity index (χ0v) is 17.8. The standard InChI is InChI=1S/C24H20N4O3S/c25-17-6-15(7-18(26)10-17)13-4-5-19-16(9-22(29)30)12-28(20(19)8-13)11-14-2-1-3-21-23(14)27-24(31)32-21/h1-8,10,12H,9,11,25-26H2,(H,27,31)(H,29,30). The normalized spacial score (nSPS) is 11.4. The van der Waals surface area contributed by atoms with Gasteiger partial charge in [0.15, 0.2) is 0 Å². The summed E-state index contributed by atoms with van der Waals surface area (Å²) in [6.45, 7) is 0.485. The molecule has 0 aliphatic rings. The first kappa shape index (κ1) is 19.9. The van der Waals surface area contributed by atoms with Crippen LogP contribution in [0.2, 0.25) is 0 Å². The van der Waals surface area contributed by atoms with Crippen LogP contribution >= 0.6 is 11.3 Å². The van der Waals surface area contributed by atoms with Crippen molar-refractivity contribution in [1.29, 1.82) is 0 Å². The first-order valence-electron chi connectivity index (χ1n) is 9.95. The van der Waals surface area contributed by atoms with Gasteiger partial charge in [-0.3, -0.25) is 4.79 Å². The summed E-state index contributed by atoms with van der Waals surface area (Å²) >= 11 is 1.23. The van der Waals surface area contributed by atoms with Gasteiger partial charge >= 0.3 is 5.97 Å². The van der Waals surface area contributed by atoms with Crippen molar-refractivity contribution in [2.24, 2.45) is 0 Å². The van der Waals surface area contributed by atoms with Crippen molar-refractivity contribution in [3.05, 3.63) is 71.9 Å². The molecular formula is C24H20N4O3S. The van der Waals surface area contributed by atoms with Crippen LogP contribution in [-0.2, 0) is 17.8 Å². The van der Waals surface area contributed by atoms with Crippen molar-refractivity contribution in [3.8, 4) is 16.3 Å². The highest BCUT2D eigenvalue weighted by atomic mass is 32.1. The predicted octanol–water partition coefficient (Wildman–Crippen LogP) is 4.46. The molecule has 32 heavy (non-hydrogen) atoms. The van der Waals surface area contributed by atoms with Crippen molar-refractivity contribution >= 4 is 49.8 Å². The van der Waals surface area contributed by atoms with Gasteiger partial charge in [0.2, 0.25) is 0 Å². The van der Waals surface area contributed by atoms with Gasteiger partial charge in [0.25, 0.3) is 5.19 Å². The van der Waals surface area contributed by atoms with Crippen molar-refractivity contribution in [2.75, 3.05) is 11.5 Å². The maximum absolute atomic E-state index is 11.4. The summed E-state index contributed by atoms with van der Waals surface area (Å²) in [6, 6.07) is 17.2. The zero-order chi connectivity index (χ0) is 22.4. The largest absolute Gasteiger partial charge is 0.486 e. The average Bonchev–Trinajstić information content (AvgIpc) is 3.27. The van der Waals surface area contributed by atoms with Gasteiger partial charge in [-0.2, -0.15) is 0 Å². The number of benzene rings is 3. The van der Waals surface area contributed by atoms with Crippen LogP contribution in [0.1, 0.15) is 11.1 Å². The van der Waals surface area contributed by atoms with Crippen LogP contribution in [-0.4, -0.2) is 25.7 Å². The zero-order valence-electron chi connectivity index (χ0n) is 16.9. The maximum atomic E-state index is 11.4. The summed E-state index contributed by atoms with van der Waals surface area (Å²) < 4.78 is 2.93. The molecule has 0 atom stereocenters. The fourth-order valence-corrected chi connectivity index (χ4v) is 4.88. The quantitative estimate of drug-likeness (QED) is 0.296. The number of aromatic nitrogens is 2. The first-order valence-corrected chi connectivity index (χ1v) is 10.8. The molecule has 0 amide bonds. The number of nitrogens with zero attached hydrogens (tertiary/aromatic N) is 2. The molecule has 0 fully saturated rings. The van der Waals surface area contributed by atoms with Crippen molar-refractivity contribution in [3.63, 3.8) is 0 Å². The fraction of sp³-hybridized carbons (Fsp3) is 0.0833. The fourth-order valence-electron chi connectivity index (χ4n) is 4.13. The van der Waals surface area contributed by atoms with Crippen LogP contribution < -0.4 is 11.5 Å². The predicted molar refractivity (Wildman–Crippen MR) is 128 cm³/mol. The number of thiazole rings is 1. The van der Waals surface area contributed by atoms with E-state index in [4.69, 9.17) is 11.5 Å². The van der Waals surface area contributed by atoms with Gasteiger partial charge < -0.3 is 26.2 Å². The Morgan fingerprint density at radius 2 is 1.78 bits per heavy atom. The molecule has 0 saturated heterocycles. The lowest BCUT2D eigenvalue weighted by atomic mass is 10.0. The summed E-state index contributed by atoms with van der Waals surface area (Å²) in [6.07, 6.45) is 1.80. The Morgan fingerprint density at radius 3 is 2.53 bits per heavy atom. The van der Waals surface area contributed by atoms with Gasteiger partial charge in [0, 0.05) is 35.0 Å². The molecule has 3 aromatic carbocycles. The number of aliphatic carboxylic acids is 1. The first-order chi connectivity index (χ1) is 15.4. The molecule has 2 aromatic heterocycles. The number of carboxylic acids is 1. The lowest BCUT2D eigenvalue weighted by molar-refractivity contribution is -0.136. The molecule has 0 aliphatic carbocycles. The van der Waals surface area contributed by atoms with Gasteiger partial charge in [-0.05, 0) is 52.6 Å². The molecule has 5 rings (SSSR count). The van der Waals surface area contributed by atoms with Gasteiger partial charge in [-0.25, -0.2) is 4.98 Å². The highest BCUT2D eigenvalue weighted by Gasteiger charge is 2.15. The third-order valence-electron chi connectivity index (χ3n) is 5.45. The van der Waals surface area contributed by atoms with E-state index in [9.17, 15) is 15.0 Å². The number of nitrogen functional groups attached to an aromatic ring is 2. The lowest BCUT2D eigenvalue weighted by Gasteiger charge is -2.09. The van der Waals surface area contributed by atoms with Crippen LogP contribution in [0.25, 0.3) is 32.2 Å². The summed E-state index contributed by atoms with van der Waals surface area (Å²) in [7, 11) is 0. The summed E-state index contributed by atoms with van der Waals surface area (Å²) in [5, 5.41) is 20.1. The number of hydrogen-bond donors (Lipinski definition) is 4. The van der Waals surface area contributed by atoms with E-state index in [1.165, 1.54) is 11.3 Å². The molecule has 160 valence electrons. The smallest absolute Gasteiger partial charge is 0.307 e. The second-order valence-electron chi connectivity index (χ2n) is 7.73. The number of carbonyl (C=O) groups is 1. The molecule has 0 bridgehead atoms. The number of fused-ring (bicyclic) bond motifs is 2. The van der Waals surface area contributed by atoms with Gasteiger partial charge in [0.1, 0.15) is 0 Å². The van der Waals surface area contributed by atoms with Gasteiger partial charge in [-0.15, -0.1) is 0 Å². The van der Waals surface area contributed by atoms with Crippen LogP contribution in [0.4, 0.5) is 11.4 Å². The number of nitrogens with two attached hydrogens (primary N) is 2. The second-order valence-corrected chi connectivity index (χ2v) is 8.74. The number of para-hydroxylation sites is 1. The number of carboxylic acid groups (broad SMARTS) is 1. The monoisotopic (exact) mass is 444 g/mol. The van der Waals surface area contributed by atoms with Crippen LogP contribution in [0.5, 0.6) is 5.19 Å². The summed E-state index contributed by atoms with van der Waals surface area (Å²) in [5.74, 6) is -0.886. The molecular weight excluding hydrogens is 424 g/mol. The minimum atomic E-state index is -0.886. The Labute approximate surface area is 187 Å². The van der Waals surface area contributed by atoms with Crippen LogP contribution in [0, 0.1) is 0 Å². The number of rotatable bonds is 5. The van der Waals surface area contributed by atoms with E-state index in [2.05, 4.69) is 4.98 Å². The lowest BCUT2D eigenvalue weighted by Crippen LogP contribution is -2.00. The second kappa shape index (κ2) is 7.58. The maximum Gasteiger partial charge on any atom is 0.307 e. The minimum absolute atomic E-state index is 0.0259. The third kappa shape index (κ3) is 3.61. The van der Waals surface area contributed by atoms with Crippen LogP contribution in [0.3, 0.4) is 0 Å². The molecule has 2 heterocycles. The highest BCUT2D eigenvalue weighted by molar-refractivity contribution is 7.20. The van der Waals surface area contributed by atoms with E-state index >= 15 is 0 Å². The third-order valence-corrected chi connectivity index (χ3v) is 6.27. The SMILES string of the molecule is Nc1cc(N)cc(-c2ccc3c(CC(=O)O)cn(Cc4cccc5sc(O)nc45)c3c2)c1. The number of aromatic hydroxyl groups is 1. The average molecular weight is 445 g/mol. The molecule has 0 radical (unpaired) electrons. The highest BCUT2D eigenvalue weighted by Crippen LogP contribution is 2.33. The van der Waals surface area contributed by atoms with E-state index in [0.717, 1.165) is 43.4 Å². The van der Waals surface area contributed by atoms with E-state index < -0.39 is 5.97 Å². The molecule has 0 saturated carbocycles. The van der Waals surface area contributed by atoms with Gasteiger partial charge in [0.05, 0.1) is 16.6 Å². The molecule has 5 aromatic rings. The van der Waals surface area contributed by atoms with E-state index in [0.29, 0.717) is 17.9 Å². The van der Waals surface area contributed by atoms with E-state index in [-0.39, 0.29) is 11.6 Å². The summed E-state index contributed by atoms with van der Waals surface area (Å²) in [4.78, 5) is 15.7. The van der Waals surface area contributed by atoms with Crippen LogP contribution in [0.15, 0.2) is 60.8 Å². The molecule has 8 heteroatoms. The Morgan fingerprint density at radius 1 is 1.00 bits per heavy atom. The number of anilines is 2. The van der Waals surface area contributed by atoms with Gasteiger partial charge in [-0.1, -0.05) is 35.6 Å². The Balaban J connectivity index is 1.67. The molecule has 6 N–H and O–H groups in total.